The first-order valence-corrected chi connectivity index (χ1v) is 22.9. The molecule has 0 aromatic heterocycles. The van der Waals surface area contributed by atoms with Crippen LogP contribution >= 0.6 is 0 Å². The molecule has 0 aliphatic carbocycles. The Morgan fingerprint density at radius 1 is 0.352 bits per heavy atom. The van der Waals surface area contributed by atoms with Gasteiger partial charge in [0.15, 0.2) is 0 Å². The van der Waals surface area contributed by atoms with Crippen LogP contribution in [-0.2, 0) is 9.59 Å². The first-order chi connectivity index (χ1) is 26.5. The summed E-state index contributed by atoms with van der Waals surface area (Å²) >= 11 is 0. The lowest BCUT2D eigenvalue weighted by Crippen LogP contribution is -2.07. The Balaban J connectivity index is 1.67. The first kappa shape index (κ1) is 47.3. The Hall–Kier alpha value is -2.88. The molecule has 4 nitrogen and oxygen atoms in total. The minimum absolute atomic E-state index is 0.142. The van der Waals surface area contributed by atoms with Crippen LogP contribution in [0.25, 0.3) is 11.1 Å². The highest BCUT2D eigenvalue weighted by atomic mass is 16.5. The van der Waals surface area contributed by atoms with E-state index in [1.165, 1.54) is 152 Å². The van der Waals surface area contributed by atoms with E-state index < -0.39 is 0 Å². The molecule has 0 fully saturated rings. The van der Waals surface area contributed by atoms with Crippen molar-refractivity contribution in [1.29, 1.82) is 0 Å². The zero-order valence-corrected chi connectivity index (χ0v) is 35.5. The summed E-state index contributed by atoms with van der Waals surface area (Å²) in [5.41, 5.74) is 4.82. The minimum Gasteiger partial charge on any atom is -0.427 e. The summed E-state index contributed by atoms with van der Waals surface area (Å²) in [6, 6.07) is 15.9. The summed E-state index contributed by atoms with van der Waals surface area (Å²) in [6.07, 6.45) is 36.4. The highest BCUT2D eigenvalue weighted by Gasteiger charge is 2.12. The van der Waals surface area contributed by atoms with E-state index in [2.05, 4.69) is 52.0 Å². The number of ether oxygens (including phenoxy) is 2. The quantitative estimate of drug-likeness (QED) is 0.0310. The average Bonchev–Trinajstić information content (AvgIpc) is 3.18. The molecule has 0 amide bonds. The molecule has 0 radical (unpaired) electrons. The van der Waals surface area contributed by atoms with E-state index in [0.29, 0.717) is 24.3 Å². The van der Waals surface area contributed by atoms with Crippen molar-refractivity contribution >= 4 is 23.1 Å². The van der Waals surface area contributed by atoms with Crippen LogP contribution in [0.2, 0.25) is 0 Å². The molecule has 0 N–H and O–H groups in total. The summed E-state index contributed by atoms with van der Waals surface area (Å²) < 4.78 is 11.4. The molecule has 0 unspecified atom stereocenters. The van der Waals surface area contributed by atoms with E-state index in [4.69, 9.17) is 9.47 Å². The van der Waals surface area contributed by atoms with Gasteiger partial charge >= 0.3 is 11.9 Å². The van der Waals surface area contributed by atoms with Gasteiger partial charge in [0.2, 0.25) is 0 Å². The van der Waals surface area contributed by atoms with E-state index in [-0.39, 0.29) is 11.9 Å². The fraction of sp³-hybridized carbons (Fsp3) is 0.680. The lowest BCUT2D eigenvalue weighted by Gasteiger charge is -2.15. The lowest BCUT2D eigenvalue weighted by atomic mass is 9.91. The van der Waals surface area contributed by atoms with Gasteiger partial charge in [0, 0.05) is 12.8 Å². The summed E-state index contributed by atoms with van der Waals surface area (Å²) in [6.45, 7) is 8.91. The topological polar surface area (TPSA) is 52.6 Å². The lowest BCUT2D eigenvalue weighted by molar-refractivity contribution is -0.135. The van der Waals surface area contributed by atoms with Crippen molar-refractivity contribution in [3.63, 3.8) is 0 Å². The number of rotatable bonds is 34. The van der Waals surface area contributed by atoms with Crippen molar-refractivity contribution in [3.8, 4) is 11.5 Å². The molecule has 0 aliphatic rings. The Morgan fingerprint density at radius 3 is 0.833 bits per heavy atom. The number of benzene rings is 2. The molecule has 2 rings (SSSR count). The first-order valence-electron chi connectivity index (χ1n) is 22.9. The Kier molecular flexibility index (Phi) is 28.3. The van der Waals surface area contributed by atoms with Gasteiger partial charge < -0.3 is 9.47 Å². The van der Waals surface area contributed by atoms with Crippen molar-refractivity contribution in [1.82, 2.24) is 0 Å². The van der Waals surface area contributed by atoms with Crippen LogP contribution in [0.1, 0.15) is 231 Å². The Bertz CT molecular complexity index is 1140. The van der Waals surface area contributed by atoms with E-state index in [1.807, 2.05) is 24.3 Å². The van der Waals surface area contributed by atoms with Crippen molar-refractivity contribution in [2.75, 3.05) is 0 Å². The number of allylic oxidation sites excluding steroid dienone is 2. The second-order valence-corrected chi connectivity index (χ2v) is 15.6. The van der Waals surface area contributed by atoms with E-state index in [9.17, 15) is 9.59 Å². The van der Waals surface area contributed by atoms with Crippen LogP contribution in [0.15, 0.2) is 48.5 Å². The second-order valence-electron chi connectivity index (χ2n) is 15.6. The van der Waals surface area contributed by atoms with Crippen molar-refractivity contribution in [3.05, 3.63) is 59.7 Å². The molecule has 0 spiro atoms. The van der Waals surface area contributed by atoms with Gasteiger partial charge in [-0.05, 0) is 72.2 Å². The minimum atomic E-state index is -0.142. The largest absolute Gasteiger partial charge is 0.427 e. The molecule has 2 aromatic carbocycles. The summed E-state index contributed by atoms with van der Waals surface area (Å²) in [7, 11) is 0. The fourth-order valence-electron chi connectivity index (χ4n) is 7.57. The Labute approximate surface area is 332 Å². The summed E-state index contributed by atoms with van der Waals surface area (Å²) in [4.78, 5) is 25.0. The SMILES string of the molecule is CCCCCCCCCCCCCCCC(=O)Oc1ccc(/C(CC)=C(\CC)c2ccc(OC(=O)CCCCCCCCCCCCCCC)cc2)cc1. The summed E-state index contributed by atoms with van der Waals surface area (Å²) in [5, 5.41) is 0. The van der Waals surface area contributed by atoms with Crippen molar-refractivity contribution in [2.24, 2.45) is 0 Å². The highest BCUT2D eigenvalue weighted by molar-refractivity contribution is 5.91. The van der Waals surface area contributed by atoms with Gasteiger partial charge in [0.1, 0.15) is 11.5 Å². The highest BCUT2D eigenvalue weighted by Crippen LogP contribution is 2.33. The molecule has 0 bridgehead atoms. The molecule has 2 aromatic rings. The zero-order valence-electron chi connectivity index (χ0n) is 35.5. The monoisotopic (exact) mass is 745 g/mol. The maximum absolute atomic E-state index is 12.5. The third-order valence-corrected chi connectivity index (χ3v) is 10.9. The number of hydrogen-bond donors (Lipinski definition) is 0. The third-order valence-electron chi connectivity index (χ3n) is 10.9. The van der Waals surface area contributed by atoms with E-state index >= 15 is 0 Å². The van der Waals surface area contributed by atoms with Gasteiger partial charge in [-0.3, -0.25) is 9.59 Å². The van der Waals surface area contributed by atoms with Gasteiger partial charge in [-0.2, -0.15) is 0 Å². The maximum atomic E-state index is 12.5. The number of hydrogen-bond acceptors (Lipinski definition) is 4. The predicted molar refractivity (Wildman–Crippen MR) is 232 cm³/mol. The maximum Gasteiger partial charge on any atom is 0.311 e. The van der Waals surface area contributed by atoms with E-state index in [1.54, 1.807) is 0 Å². The van der Waals surface area contributed by atoms with Crippen LogP contribution in [0.5, 0.6) is 11.5 Å². The van der Waals surface area contributed by atoms with Crippen molar-refractivity contribution in [2.45, 2.75) is 220 Å². The van der Waals surface area contributed by atoms with Gasteiger partial charge in [0.05, 0.1) is 0 Å². The molecule has 304 valence electrons. The normalized spacial score (nSPS) is 11.8. The zero-order chi connectivity index (χ0) is 38.9. The molecule has 4 heteroatoms. The van der Waals surface area contributed by atoms with E-state index in [0.717, 1.165) is 49.7 Å². The van der Waals surface area contributed by atoms with Gasteiger partial charge in [0.25, 0.3) is 0 Å². The molecule has 0 saturated heterocycles. The fourth-order valence-corrected chi connectivity index (χ4v) is 7.57. The Morgan fingerprint density at radius 2 is 0.593 bits per heavy atom. The van der Waals surface area contributed by atoms with Crippen LogP contribution in [0.4, 0.5) is 0 Å². The molecule has 0 aliphatic heterocycles. The number of esters is 2. The van der Waals surface area contributed by atoms with Crippen LogP contribution in [0, 0.1) is 0 Å². The standard InChI is InChI=1S/C50H80O4/c1-5-9-11-13-15-17-19-21-23-25-27-29-31-33-49(51)53-45-39-35-43(36-40-45)47(7-3)48(8-4)44-37-41-46(42-38-44)54-50(52)34-32-30-28-26-24-22-20-18-16-14-12-10-6-2/h35-42H,5-34H2,1-4H3/b48-47+. The van der Waals surface area contributed by atoms with Crippen LogP contribution in [-0.4, -0.2) is 11.9 Å². The molecular formula is C50H80O4. The molecule has 0 heterocycles. The molecule has 54 heavy (non-hydrogen) atoms. The molecular weight excluding hydrogens is 665 g/mol. The number of unbranched alkanes of at least 4 members (excludes halogenated alkanes) is 24. The molecule has 0 saturated carbocycles. The molecule has 0 atom stereocenters. The van der Waals surface area contributed by atoms with Crippen LogP contribution < -0.4 is 9.47 Å². The average molecular weight is 745 g/mol. The second kappa shape index (κ2) is 32.4. The van der Waals surface area contributed by atoms with Gasteiger partial charge in [-0.15, -0.1) is 0 Å². The summed E-state index contributed by atoms with van der Waals surface area (Å²) in [5.74, 6) is 0.932. The van der Waals surface area contributed by atoms with Gasteiger partial charge in [-0.25, -0.2) is 0 Å². The number of carbonyl (C=O) groups excluding carboxylic acids is 2. The van der Waals surface area contributed by atoms with Crippen molar-refractivity contribution < 1.29 is 19.1 Å². The number of carbonyl (C=O) groups is 2. The third kappa shape index (κ3) is 22.5. The van der Waals surface area contributed by atoms with Gasteiger partial charge in [-0.1, -0.05) is 206 Å². The predicted octanol–water partition coefficient (Wildman–Crippen LogP) is 16.2. The van der Waals surface area contributed by atoms with Crippen LogP contribution in [0.3, 0.4) is 0 Å². The smallest absolute Gasteiger partial charge is 0.311 e.